The number of piperidine rings is 1. The number of nitrogens with zero attached hydrogens (tertiary/aromatic N) is 3. The van der Waals surface area contributed by atoms with Crippen LogP contribution in [0.4, 0.5) is 0 Å². The molecule has 0 spiro atoms. The number of rotatable bonds is 5. The van der Waals surface area contributed by atoms with Crippen LogP contribution in [-0.4, -0.2) is 36.0 Å². The molecular weight excluding hydrogens is 326 g/mol. The zero-order valence-corrected chi connectivity index (χ0v) is 14.4. The van der Waals surface area contributed by atoms with Gasteiger partial charge in [-0.05, 0) is 24.5 Å². The maximum atomic E-state index is 12.6. The van der Waals surface area contributed by atoms with Crippen molar-refractivity contribution in [2.45, 2.75) is 32.1 Å². The topological polar surface area (TPSA) is 76.3 Å². The molecule has 1 aromatic carbocycles. The summed E-state index contributed by atoms with van der Waals surface area (Å²) in [5.41, 5.74) is 0.861. The van der Waals surface area contributed by atoms with Crippen molar-refractivity contribution < 1.29 is 12.9 Å². The molecular formula is C17H21N3O3S. The first kappa shape index (κ1) is 16.9. The summed E-state index contributed by atoms with van der Waals surface area (Å²) < 4.78 is 31.8. The summed E-state index contributed by atoms with van der Waals surface area (Å²) in [6.45, 7) is 2.86. The number of hydrogen-bond acceptors (Lipinski definition) is 5. The van der Waals surface area contributed by atoms with Gasteiger partial charge >= 0.3 is 0 Å². The maximum Gasteiger partial charge on any atom is 0.236 e. The quantitative estimate of drug-likeness (QED) is 0.831. The lowest BCUT2D eigenvalue weighted by Gasteiger charge is -2.29. The Morgan fingerprint density at radius 2 is 2.12 bits per heavy atom. The molecule has 7 heteroatoms. The van der Waals surface area contributed by atoms with Crippen LogP contribution < -0.4 is 0 Å². The van der Waals surface area contributed by atoms with Crippen LogP contribution in [0.1, 0.15) is 43.0 Å². The number of aromatic nitrogens is 2. The van der Waals surface area contributed by atoms with Gasteiger partial charge in [-0.25, -0.2) is 8.42 Å². The van der Waals surface area contributed by atoms with Crippen molar-refractivity contribution >= 4 is 16.1 Å². The predicted molar refractivity (Wildman–Crippen MR) is 91.6 cm³/mol. The van der Waals surface area contributed by atoms with Gasteiger partial charge in [0.25, 0.3) is 0 Å². The van der Waals surface area contributed by atoms with Crippen molar-refractivity contribution in [3.8, 4) is 0 Å². The van der Waals surface area contributed by atoms with E-state index >= 15 is 0 Å². The normalized spacial score (nSPS) is 19.8. The highest BCUT2D eigenvalue weighted by Gasteiger charge is 2.30. The van der Waals surface area contributed by atoms with E-state index in [1.807, 2.05) is 37.3 Å². The van der Waals surface area contributed by atoms with Crippen LogP contribution in [-0.2, 0) is 16.4 Å². The fourth-order valence-electron chi connectivity index (χ4n) is 2.78. The molecule has 2 aromatic rings. The summed E-state index contributed by atoms with van der Waals surface area (Å²) in [6, 6.07) is 9.40. The predicted octanol–water partition coefficient (Wildman–Crippen LogP) is 2.81. The Morgan fingerprint density at radius 1 is 1.33 bits per heavy atom. The van der Waals surface area contributed by atoms with Crippen LogP contribution in [0, 0.1) is 0 Å². The standard InChI is InChI=1S/C17H21N3O3S/c1-2-16-18-17(19-23-16)15-9-6-11-20(13-15)24(21,22)12-10-14-7-4-3-5-8-14/h3-5,7-8,10,12,15H,2,6,9,11,13H2,1H3/b12-10-/t15-/m1/s1. The van der Waals surface area contributed by atoms with Crippen LogP contribution >= 0.6 is 0 Å². The summed E-state index contributed by atoms with van der Waals surface area (Å²) in [5, 5.41) is 5.27. The monoisotopic (exact) mass is 347 g/mol. The molecule has 2 heterocycles. The molecule has 1 aromatic heterocycles. The molecule has 1 aliphatic heterocycles. The molecule has 1 atom stereocenters. The molecule has 0 bridgehead atoms. The van der Waals surface area contributed by atoms with E-state index < -0.39 is 10.0 Å². The van der Waals surface area contributed by atoms with Crippen molar-refractivity contribution in [3.05, 3.63) is 53.0 Å². The fraction of sp³-hybridized carbons (Fsp3) is 0.412. The number of sulfonamides is 1. The Bertz CT molecular complexity index is 799. The second-order valence-corrected chi connectivity index (χ2v) is 7.67. The molecule has 1 saturated heterocycles. The van der Waals surface area contributed by atoms with E-state index in [0.717, 1.165) is 18.4 Å². The van der Waals surface area contributed by atoms with Crippen LogP contribution in [0.2, 0.25) is 0 Å². The fourth-order valence-corrected chi connectivity index (χ4v) is 4.05. The van der Waals surface area contributed by atoms with E-state index in [-0.39, 0.29) is 5.92 Å². The van der Waals surface area contributed by atoms with E-state index in [2.05, 4.69) is 10.1 Å². The second kappa shape index (κ2) is 7.27. The third-order valence-electron chi connectivity index (χ3n) is 4.13. The van der Waals surface area contributed by atoms with E-state index in [1.54, 1.807) is 6.08 Å². The van der Waals surface area contributed by atoms with Crippen molar-refractivity contribution in [2.24, 2.45) is 0 Å². The van der Waals surface area contributed by atoms with Crippen molar-refractivity contribution in [3.63, 3.8) is 0 Å². The van der Waals surface area contributed by atoms with Gasteiger partial charge in [-0.15, -0.1) is 0 Å². The van der Waals surface area contributed by atoms with Gasteiger partial charge in [-0.1, -0.05) is 42.4 Å². The first-order valence-corrected chi connectivity index (χ1v) is 9.64. The van der Waals surface area contributed by atoms with E-state index in [9.17, 15) is 8.42 Å². The Kier molecular flexibility index (Phi) is 5.11. The number of benzene rings is 1. The molecule has 0 radical (unpaired) electrons. The Labute approximate surface area is 142 Å². The van der Waals surface area contributed by atoms with Gasteiger partial charge in [0.1, 0.15) is 0 Å². The Balaban J connectivity index is 1.72. The van der Waals surface area contributed by atoms with Gasteiger partial charge in [0.2, 0.25) is 15.9 Å². The van der Waals surface area contributed by atoms with Crippen molar-refractivity contribution in [2.75, 3.05) is 13.1 Å². The molecule has 0 unspecified atom stereocenters. The lowest BCUT2D eigenvalue weighted by atomic mass is 9.99. The molecule has 0 aliphatic carbocycles. The van der Waals surface area contributed by atoms with E-state index in [1.165, 1.54) is 9.71 Å². The SMILES string of the molecule is CCc1nc([C@@H]2CCCN(S(=O)(=O)/C=C\c3ccccc3)C2)no1. The lowest BCUT2D eigenvalue weighted by Crippen LogP contribution is -2.38. The highest BCUT2D eigenvalue weighted by Crippen LogP contribution is 2.27. The Hall–Kier alpha value is -1.99. The zero-order chi connectivity index (χ0) is 17.0. The molecule has 128 valence electrons. The molecule has 0 N–H and O–H groups in total. The van der Waals surface area contributed by atoms with E-state index in [0.29, 0.717) is 31.2 Å². The summed E-state index contributed by atoms with van der Waals surface area (Å²) in [6.07, 6.45) is 3.97. The van der Waals surface area contributed by atoms with Gasteiger partial charge in [-0.3, -0.25) is 0 Å². The maximum absolute atomic E-state index is 12.6. The highest BCUT2D eigenvalue weighted by atomic mass is 32.2. The van der Waals surface area contributed by atoms with Crippen LogP contribution in [0.25, 0.3) is 6.08 Å². The van der Waals surface area contributed by atoms with Gasteiger partial charge in [-0.2, -0.15) is 9.29 Å². The minimum Gasteiger partial charge on any atom is -0.339 e. The van der Waals surface area contributed by atoms with Crippen LogP contribution in [0.15, 0.2) is 40.3 Å². The van der Waals surface area contributed by atoms with Crippen LogP contribution in [0.3, 0.4) is 0 Å². The van der Waals surface area contributed by atoms with Crippen LogP contribution in [0.5, 0.6) is 0 Å². The largest absolute Gasteiger partial charge is 0.339 e. The summed E-state index contributed by atoms with van der Waals surface area (Å²) in [4.78, 5) is 4.35. The molecule has 3 rings (SSSR count). The first-order chi connectivity index (χ1) is 11.6. The van der Waals surface area contributed by atoms with Gasteiger partial charge in [0.15, 0.2) is 5.82 Å². The molecule has 6 nitrogen and oxygen atoms in total. The van der Waals surface area contributed by atoms with Gasteiger partial charge in [0.05, 0.1) is 0 Å². The van der Waals surface area contributed by atoms with E-state index in [4.69, 9.17) is 4.52 Å². The molecule has 1 aliphatic rings. The lowest BCUT2D eigenvalue weighted by molar-refractivity contribution is 0.303. The number of hydrogen-bond donors (Lipinski definition) is 0. The van der Waals surface area contributed by atoms with Gasteiger partial charge < -0.3 is 4.52 Å². The summed E-state index contributed by atoms with van der Waals surface area (Å²) in [5.74, 6) is 1.19. The summed E-state index contributed by atoms with van der Waals surface area (Å²) in [7, 11) is -3.45. The third kappa shape index (κ3) is 3.91. The second-order valence-electron chi connectivity index (χ2n) is 5.86. The first-order valence-electron chi connectivity index (χ1n) is 8.14. The van der Waals surface area contributed by atoms with Gasteiger partial charge in [0, 0.05) is 30.8 Å². The Morgan fingerprint density at radius 3 is 2.83 bits per heavy atom. The minimum atomic E-state index is -3.45. The number of aryl methyl sites for hydroxylation is 1. The third-order valence-corrected chi connectivity index (χ3v) is 5.66. The molecule has 0 saturated carbocycles. The highest BCUT2D eigenvalue weighted by molar-refractivity contribution is 7.92. The van der Waals surface area contributed by atoms with Crippen molar-refractivity contribution in [1.29, 1.82) is 0 Å². The molecule has 0 amide bonds. The average molecular weight is 347 g/mol. The molecule has 1 fully saturated rings. The van der Waals surface area contributed by atoms with Crippen molar-refractivity contribution in [1.82, 2.24) is 14.4 Å². The molecule has 24 heavy (non-hydrogen) atoms. The zero-order valence-electron chi connectivity index (χ0n) is 13.6. The summed E-state index contributed by atoms with van der Waals surface area (Å²) >= 11 is 0. The minimum absolute atomic E-state index is 0.0114. The average Bonchev–Trinajstić information content (AvgIpc) is 3.10. The smallest absolute Gasteiger partial charge is 0.236 e.